The molecule has 0 bridgehead atoms. The van der Waals surface area contributed by atoms with Crippen LogP contribution in [0.25, 0.3) is 0 Å². The fourth-order valence-electron chi connectivity index (χ4n) is 0.741. The second kappa shape index (κ2) is 4.62. The van der Waals surface area contributed by atoms with E-state index in [0.29, 0.717) is 0 Å². The van der Waals surface area contributed by atoms with E-state index in [1.165, 1.54) is 11.3 Å². The van der Waals surface area contributed by atoms with Crippen LogP contribution >= 0.6 is 27.3 Å². The van der Waals surface area contributed by atoms with Crippen molar-refractivity contribution in [1.29, 1.82) is 0 Å². The summed E-state index contributed by atoms with van der Waals surface area (Å²) in [6.45, 7) is 1.96. The van der Waals surface area contributed by atoms with Gasteiger partial charge in [0.1, 0.15) is 0 Å². The Balaban J connectivity index is 2.50. The number of hydrogen-bond donors (Lipinski definition) is 1. The molecule has 12 heavy (non-hydrogen) atoms. The highest BCUT2D eigenvalue weighted by Gasteiger charge is 2.08. The molecule has 0 saturated heterocycles. The lowest BCUT2D eigenvalue weighted by molar-refractivity contribution is 0.0948. The number of thiophene rings is 1. The van der Waals surface area contributed by atoms with Crippen LogP contribution in [0.1, 0.15) is 16.6 Å². The van der Waals surface area contributed by atoms with Gasteiger partial charge in [0.2, 0.25) is 0 Å². The molecular weight excluding hydrogens is 238 g/mol. The fraction of sp³-hybridized carbons (Fsp3) is 0.375. The minimum absolute atomic E-state index is 0.0111. The average molecular weight is 248 g/mol. The van der Waals surface area contributed by atoms with Gasteiger partial charge in [0, 0.05) is 11.4 Å². The Morgan fingerprint density at radius 1 is 1.83 bits per heavy atom. The number of amides is 1. The summed E-state index contributed by atoms with van der Waals surface area (Å²) in [7, 11) is 0. The van der Waals surface area contributed by atoms with Crippen molar-refractivity contribution < 1.29 is 4.79 Å². The molecular formula is C8H10BrNOS. The predicted octanol–water partition coefficient (Wildman–Crippen LogP) is 2.26. The molecule has 4 heteroatoms. The van der Waals surface area contributed by atoms with Gasteiger partial charge in [-0.2, -0.15) is 0 Å². The van der Waals surface area contributed by atoms with E-state index in [0.717, 1.165) is 10.2 Å². The smallest absolute Gasteiger partial charge is 0.261 e. The number of rotatable bonds is 3. The standard InChI is InChI=1S/C8H10BrNOS/c1-6(5-9)10-8(11)7-3-2-4-12-7/h2-4,6H,5H2,1H3,(H,10,11). The fourth-order valence-corrected chi connectivity index (χ4v) is 1.53. The Kier molecular flexibility index (Phi) is 3.75. The zero-order valence-corrected chi connectivity index (χ0v) is 9.11. The second-order valence-corrected chi connectivity index (χ2v) is 4.10. The predicted molar refractivity (Wildman–Crippen MR) is 55.0 cm³/mol. The van der Waals surface area contributed by atoms with E-state index in [9.17, 15) is 4.79 Å². The first-order chi connectivity index (χ1) is 5.74. The normalized spacial score (nSPS) is 12.5. The van der Waals surface area contributed by atoms with E-state index < -0.39 is 0 Å². The van der Waals surface area contributed by atoms with E-state index in [1.807, 2.05) is 24.4 Å². The molecule has 0 aromatic carbocycles. The van der Waals surface area contributed by atoms with Crippen LogP contribution < -0.4 is 5.32 Å². The quantitative estimate of drug-likeness (QED) is 0.817. The van der Waals surface area contributed by atoms with Gasteiger partial charge in [-0.05, 0) is 18.4 Å². The highest BCUT2D eigenvalue weighted by Crippen LogP contribution is 2.08. The maximum atomic E-state index is 11.4. The molecule has 0 aliphatic heterocycles. The Hall–Kier alpha value is -0.350. The van der Waals surface area contributed by atoms with E-state index in [4.69, 9.17) is 0 Å². The van der Waals surface area contributed by atoms with Crippen LogP contribution in [0.2, 0.25) is 0 Å². The maximum Gasteiger partial charge on any atom is 0.261 e. The number of carbonyl (C=O) groups is 1. The maximum absolute atomic E-state index is 11.4. The van der Waals surface area contributed by atoms with Crippen LogP contribution in [0.4, 0.5) is 0 Å². The first kappa shape index (κ1) is 9.74. The molecule has 1 heterocycles. The summed E-state index contributed by atoms with van der Waals surface area (Å²) < 4.78 is 0. The van der Waals surface area contributed by atoms with Gasteiger partial charge in [-0.3, -0.25) is 4.79 Å². The van der Waals surface area contributed by atoms with Crippen molar-refractivity contribution in [2.75, 3.05) is 5.33 Å². The average Bonchev–Trinajstić information content (AvgIpc) is 2.56. The highest BCUT2D eigenvalue weighted by atomic mass is 79.9. The third kappa shape index (κ3) is 2.60. The van der Waals surface area contributed by atoms with Gasteiger partial charge >= 0.3 is 0 Å². The molecule has 0 radical (unpaired) electrons. The largest absolute Gasteiger partial charge is 0.348 e. The van der Waals surface area contributed by atoms with Crippen molar-refractivity contribution in [1.82, 2.24) is 5.32 Å². The topological polar surface area (TPSA) is 29.1 Å². The van der Waals surface area contributed by atoms with Gasteiger partial charge < -0.3 is 5.32 Å². The number of carbonyl (C=O) groups excluding carboxylic acids is 1. The molecule has 1 N–H and O–H groups in total. The summed E-state index contributed by atoms with van der Waals surface area (Å²) in [5.74, 6) is 0.0111. The zero-order valence-electron chi connectivity index (χ0n) is 6.71. The molecule has 1 amide bonds. The van der Waals surface area contributed by atoms with Crippen LogP contribution in [0.5, 0.6) is 0 Å². The summed E-state index contributed by atoms with van der Waals surface area (Å²) in [4.78, 5) is 12.1. The number of hydrogen-bond acceptors (Lipinski definition) is 2. The molecule has 1 rings (SSSR count). The number of halogens is 1. The summed E-state index contributed by atoms with van der Waals surface area (Å²) >= 11 is 4.75. The Labute approximate surface area is 84.1 Å². The Morgan fingerprint density at radius 3 is 3.08 bits per heavy atom. The summed E-state index contributed by atoms with van der Waals surface area (Å²) in [5.41, 5.74) is 0. The van der Waals surface area contributed by atoms with Crippen molar-refractivity contribution >= 4 is 33.2 Å². The van der Waals surface area contributed by atoms with E-state index in [-0.39, 0.29) is 11.9 Å². The van der Waals surface area contributed by atoms with Crippen molar-refractivity contribution in [2.24, 2.45) is 0 Å². The summed E-state index contributed by atoms with van der Waals surface area (Å²) in [6, 6.07) is 3.87. The van der Waals surface area contributed by atoms with Crippen molar-refractivity contribution in [3.63, 3.8) is 0 Å². The first-order valence-corrected chi connectivity index (χ1v) is 5.64. The second-order valence-electron chi connectivity index (χ2n) is 2.51. The van der Waals surface area contributed by atoms with E-state index in [2.05, 4.69) is 21.2 Å². The van der Waals surface area contributed by atoms with E-state index in [1.54, 1.807) is 0 Å². The molecule has 1 atom stereocenters. The SMILES string of the molecule is CC(CBr)NC(=O)c1cccs1. The van der Waals surface area contributed by atoms with Crippen molar-refractivity contribution in [2.45, 2.75) is 13.0 Å². The van der Waals surface area contributed by atoms with Crippen LogP contribution in [0.3, 0.4) is 0 Å². The molecule has 0 fully saturated rings. The van der Waals surface area contributed by atoms with Crippen LogP contribution in [-0.4, -0.2) is 17.3 Å². The lowest BCUT2D eigenvalue weighted by atomic mass is 10.3. The minimum Gasteiger partial charge on any atom is -0.348 e. The Bertz CT molecular complexity index is 248. The minimum atomic E-state index is 0.0111. The lowest BCUT2D eigenvalue weighted by Gasteiger charge is -2.08. The first-order valence-electron chi connectivity index (χ1n) is 3.64. The third-order valence-corrected chi connectivity index (χ3v) is 3.19. The zero-order chi connectivity index (χ0) is 8.97. The van der Waals surface area contributed by atoms with E-state index >= 15 is 0 Å². The molecule has 0 aliphatic carbocycles. The number of alkyl halides is 1. The molecule has 66 valence electrons. The van der Waals surface area contributed by atoms with Crippen LogP contribution in [0.15, 0.2) is 17.5 Å². The van der Waals surface area contributed by atoms with Crippen LogP contribution in [-0.2, 0) is 0 Å². The van der Waals surface area contributed by atoms with Gasteiger partial charge in [-0.1, -0.05) is 22.0 Å². The summed E-state index contributed by atoms with van der Waals surface area (Å²) in [6.07, 6.45) is 0. The highest BCUT2D eigenvalue weighted by molar-refractivity contribution is 9.09. The Morgan fingerprint density at radius 2 is 2.58 bits per heavy atom. The molecule has 0 saturated carbocycles. The third-order valence-electron chi connectivity index (χ3n) is 1.35. The molecule has 0 aliphatic rings. The van der Waals surface area contributed by atoms with Gasteiger partial charge in [-0.25, -0.2) is 0 Å². The molecule has 2 nitrogen and oxygen atoms in total. The molecule has 1 aromatic heterocycles. The molecule has 1 aromatic rings. The number of nitrogens with one attached hydrogen (secondary N) is 1. The van der Waals surface area contributed by atoms with Crippen molar-refractivity contribution in [3.8, 4) is 0 Å². The van der Waals surface area contributed by atoms with Crippen LogP contribution in [0, 0.1) is 0 Å². The monoisotopic (exact) mass is 247 g/mol. The van der Waals surface area contributed by atoms with Gasteiger partial charge in [-0.15, -0.1) is 11.3 Å². The van der Waals surface area contributed by atoms with Gasteiger partial charge in [0.05, 0.1) is 4.88 Å². The molecule has 1 unspecified atom stereocenters. The van der Waals surface area contributed by atoms with Crippen molar-refractivity contribution in [3.05, 3.63) is 22.4 Å². The molecule has 0 spiro atoms. The lowest BCUT2D eigenvalue weighted by Crippen LogP contribution is -2.32. The van der Waals surface area contributed by atoms with Gasteiger partial charge in [0.25, 0.3) is 5.91 Å². The van der Waals surface area contributed by atoms with Gasteiger partial charge in [0.15, 0.2) is 0 Å². The summed E-state index contributed by atoms with van der Waals surface area (Å²) in [5, 5.41) is 5.53.